The van der Waals surface area contributed by atoms with Crippen LogP contribution < -0.4 is 25.7 Å². The highest BCUT2D eigenvalue weighted by atomic mass is 32.2. The molecule has 0 aliphatic heterocycles. The van der Waals surface area contributed by atoms with Crippen molar-refractivity contribution in [3.63, 3.8) is 0 Å². The van der Waals surface area contributed by atoms with Crippen LogP contribution in [0, 0.1) is 0 Å². The van der Waals surface area contributed by atoms with E-state index in [-0.39, 0.29) is 17.2 Å². The van der Waals surface area contributed by atoms with Crippen LogP contribution in [0.5, 0.6) is 23.5 Å². The molecule has 1 aliphatic carbocycles. The Morgan fingerprint density at radius 2 is 0.952 bits per heavy atom. The number of pyridine rings is 1. The zero-order valence-corrected chi connectivity index (χ0v) is 43.6. The first-order valence-electron chi connectivity index (χ1n) is 22.2. The van der Waals surface area contributed by atoms with Crippen molar-refractivity contribution in [2.24, 2.45) is 0 Å². The number of ether oxygens (including phenoxy) is 2. The van der Waals surface area contributed by atoms with Gasteiger partial charge in [0.25, 0.3) is 46.0 Å². The maximum atomic E-state index is 14.8. The maximum absolute atomic E-state index is 14.8. The molecular formula is C48H28N6O25S4. The van der Waals surface area contributed by atoms with Gasteiger partial charge in [-0.05, 0) is 72.3 Å². The van der Waals surface area contributed by atoms with E-state index in [9.17, 15) is 106 Å². The van der Waals surface area contributed by atoms with Crippen molar-refractivity contribution >= 4 is 110 Å². The van der Waals surface area contributed by atoms with Crippen LogP contribution in [-0.4, -0.2) is 128 Å². The normalized spacial score (nSPS) is 12.3. The van der Waals surface area contributed by atoms with E-state index in [1.165, 1.54) is 24.3 Å². The van der Waals surface area contributed by atoms with Crippen molar-refractivity contribution in [3.05, 3.63) is 158 Å². The van der Waals surface area contributed by atoms with Crippen LogP contribution in [0.15, 0.2) is 128 Å². The molecule has 1 aliphatic rings. The number of anilines is 4. The minimum Gasteiger partial charge on any atom is -0.478 e. The number of aromatic amines is 1. The van der Waals surface area contributed by atoms with Crippen LogP contribution in [0.1, 0.15) is 73.3 Å². The number of ketones is 2. The zero-order valence-electron chi connectivity index (χ0n) is 40.3. The molecular weight excluding hydrogens is 1190 g/mol. The van der Waals surface area contributed by atoms with Crippen molar-refractivity contribution < 1.29 is 111 Å². The van der Waals surface area contributed by atoms with Gasteiger partial charge in [0.05, 0.1) is 60.9 Å². The summed E-state index contributed by atoms with van der Waals surface area (Å²) in [6, 6.07) is 12.1. The van der Waals surface area contributed by atoms with Crippen LogP contribution in [0.25, 0.3) is 22.0 Å². The minimum atomic E-state index is -5.79. The number of carbonyl (C=O) groups excluding carboxylic acids is 2. The van der Waals surface area contributed by atoms with Crippen molar-refractivity contribution in [1.29, 1.82) is 0 Å². The number of fused-ring (bicyclic) bond motifs is 2. The molecule has 83 heavy (non-hydrogen) atoms. The maximum Gasteiger partial charge on any atom is 0.335 e. The Labute approximate surface area is 461 Å². The molecule has 0 fully saturated rings. The monoisotopic (exact) mass is 1220 g/mol. The van der Waals surface area contributed by atoms with Crippen LogP contribution in [0.2, 0.25) is 0 Å². The van der Waals surface area contributed by atoms with Crippen LogP contribution >= 0.6 is 0 Å². The smallest absolute Gasteiger partial charge is 0.335 e. The first-order chi connectivity index (χ1) is 38.7. The number of hydrogen-bond acceptors (Lipinski definition) is 22. The second-order valence-corrected chi connectivity index (χ2v) is 22.7. The third-order valence-corrected chi connectivity index (χ3v) is 15.3. The predicted octanol–water partition coefficient (Wildman–Crippen LogP) is 5.01. The summed E-state index contributed by atoms with van der Waals surface area (Å²) in [6.07, 6.45) is 0. The Morgan fingerprint density at radius 1 is 0.470 bits per heavy atom. The highest BCUT2D eigenvalue weighted by molar-refractivity contribution is 7.87. The first kappa shape index (κ1) is 57.3. The van der Waals surface area contributed by atoms with Crippen LogP contribution in [-0.2, 0) is 40.5 Å². The number of aromatic carboxylic acids is 4. The standard InChI is InChI=1S/C48H28N6O25S4/c55-39(18-4-3-5-25(14-18)80(66,67)68)37-34-26-6-1-2-7-27(26)40(56)35-30(16-33(83(75,76)77)38(36(34)35)51-41(37)57)49-28-15-29(32(82(72,73)74)17-31(28)81(69,70)71)50-46-52-47(78-23-10-19(42(58)59)8-20(11-23)43(60)61)54-48(53-46)79-24-12-21(44(62)63)9-22(13-24)45(64)65/h1-17,49H,(H,51,57)(H,58,59)(H,60,61)(H,62,63)(H,64,65)(H,66,67,68)(H,69,70,71)(H,72,73,74)(H,75,76,77)(H,50,52,53,54). The second kappa shape index (κ2) is 20.6. The number of benzene rings is 6. The van der Waals surface area contributed by atoms with E-state index in [2.05, 4.69) is 30.6 Å². The number of carboxylic acids is 4. The number of nitrogens with one attached hydrogen (secondary N) is 3. The van der Waals surface area contributed by atoms with E-state index < -0.39 is 203 Å². The number of nitrogens with zero attached hydrogens (tertiary/aromatic N) is 3. The van der Waals surface area contributed by atoms with E-state index in [4.69, 9.17) is 9.47 Å². The van der Waals surface area contributed by atoms with Crippen molar-refractivity contribution in [1.82, 2.24) is 19.9 Å². The average Bonchev–Trinajstić information content (AvgIpc) is 1.05. The lowest BCUT2D eigenvalue weighted by Crippen LogP contribution is -2.25. The van der Waals surface area contributed by atoms with Gasteiger partial charge in [0.2, 0.25) is 5.95 Å². The lowest BCUT2D eigenvalue weighted by molar-refractivity contribution is 0.0676. The summed E-state index contributed by atoms with van der Waals surface area (Å²) in [4.78, 5) is 99.8. The lowest BCUT2D eigenvalue weighted by atomic mass is 9.80. The van der Waals surface area contributed by atoms with E-state index >= 15 is 0 Å². The Balaban J connectivity index is 1.28. The molecule has 0 saturated heterocycles. The van der Waals surface area contributed by atoms with E-state index in [0.717, 1.165) is 54.6 Å². The van der Waals surface area contributed by atoms with E-state index in [1.807, 2.05) is 0 Å². The molecule has 0 radical (unpaired) electrons. The number of hydrogen-bond donors (Lipinski definition) is 11. The van der Waals surface area contributed by atoms with Gasteiger partial charge in [0.15, 0.2) is 11.6 Å². The van der Waals surface area contributed by atoms with Crippen molar-refractivity contribution in [2.75, 3.05) is 10.6 Å². The minimum absolute atomic E-state index is 0.0921. The van der Waals surface area contributed by atoms with Gasteiger partial charge in [-0.1, -0.05) is 36.4 Å². The fourth-order valence-corrected chi connectivity index (χ4v) is 11.0. The molecule has 0 bridgehead atoms. The van der Waals surface area contributed by atoms with Crippen molar-refractivity contribution in [2.45, 2.75) is 19.6 Å². The van der Waals surface area contributed by atoms with Gasteiger partial charge in [-0.15, -0.1) is 4.98 Å². The third kappa shape index (κ3) is 11.4. The Morgan fingerprint density at radius 3 is 1.42 bits per heavy atom. The molecule has 2 aromatic heterocycles. The summed E-state index contributed by atoms with van der Waals surface area (Å²) in [6.45, 7) is 0. The molecule has 35 heteroatoms. The van der Waals surface area contributed by atoms with Crippen molar-refractivity contribution in [3.8, 4) is 34.6 Å². The van der Waals surface area contributed by atoms with E-state index in [0.29, 0.717) is 18.2 Å². The molecule has 2 heterocycles. The topological polar surface area (TPSA) is 515 Å². The number of H-pyrrole nitrogens is 1. The summed E-state index contributed by atoms with van der Waals surface area (Å²) in [5, 5.41) is 42.6. The largest absolute Gasteiger partial charge is 0.478 e. The summed E-state index contributed by atoms with van der Waals surface area (Å²) in [7, 11) is -22.2. The number of carboxylic acid groups (broad SMARTS) is 4. The fourth-order valence-electron chi connectivity index (χ4n) is 8.40. The fraction of sp³-hybridized carbons (Fsp3) is 0. The van der Waals surface area contributed by atoms with Gasteiger partial charge in [-0.3, -0.25) is 32.6 Å². The summed E-state index contributed by atoms with van der Waals surface area (Å²) in [5.41, 5.74) is -11.3. The predicted molar refractivity (Wildman–Crippen MR) is 276 cm³/mol. The Kier molecular flexibility index (Phi) is 14.2. The quantitative estimate of drug-likeness (QED) is 0.0397. The van der Waals surface area contributed by atoms with Gasteiger partial charge in [0, 0.05) is 22.1 Å². The third-order valence-electron chi connectivity index (χ3n) is 11.8. The van der Waals surface area contributed by atoms with Gasteiger partial charge >= 0.3 is 35.9 Å². The van der Waals surface area contributed by atoms with Gasteiger partial charge in [-0.25, -0.2) is 19.2 Å². The molecule has 424 valence electrons. The number of aromatic nitrogens is 4. The average molecular weight is 1220 g/mol. The van der Waals surface area contributed by atoms with Gasteiger partial charge < -0.3 is 45.5 Å². The number of rotatable bonds is 18. The van der Waals surface area contributed by atoms with Gasteiger partial charge in [-0.2, -0.15) is 43.6 Å². The number of carbonyl (C=O) groups is 6. The zero-order chi connectivity index (χ0) is 60.6. The highest BCUT2D eigenvalue weighted by Gasteiger charge is 2.37. The first-order valence-corrected chi connectivity index (χ1v) is 28.0. The van der Waals surface area contributed by atoms with E-state index in [1.54, 1.807) is 0 Å². The molecule has 31 nitrogen and oxygen atoms in total. The molecule has 0 atom stereocenters. The Hall–Kier alpha value is -10.4. The van der Waals surface area contributed by atoms with Crippen LogP contribution in [0.4, 0.5) is 23.0 Å². The summed E-state index contributed by atoms with van der Waals surface area (Å²) < 4.78 is 156. The molecule has 8 aromatic rings. The second-order valence-electron chi connectivity index (χ2n) is 17.1. The summed E-state index contributed by atoms with van der Waals surface area (Å²) >= 11 is 0. The summed E-state index contributed by atoms with van der Waals surface area (Å²) in [5.74, 6) is -11.4. The molecule has 0 amide bonds. The SMILES string of the molecule is O=C(O)c1cc(Oc2nc(Nc3cc(Nc4cc(S(=O)(=O)O)c5[nH]c(=O)c(C(=O)c6cccc(S(=O)(=O)O)c6)c6c5c4C(=O)c4ccccc4-6)c(S(=O)(=O)O)cc3S(=O)(=O)O)nc(Oc3cc(C(=O)O)cc(C(=O)O)c3)n2)cc(C(=O)O)c1. The molecule has 0 spiro atoms. The molecule has 11 N–H and O–H groups in total. The highest BCUT2D eigenvalue weighted by Crippen LogP contribution is 2.47. The lowest BCUT2D eigenvalue weighted by Gasteiger charge is -2.25. The molecule has 6 aromatic carbocycles. The Bertz CT molecular complexity index is 4680. The van der Waals surface area contributed by atoms with Crippen LogP contribution in [0.3, 0.4) is 0 Å². The van der Waals surface area contributed by atoms with Gasteiger partial charge in [0.1, 0.15) is 26.2 Å². The molecule has 9 rings (SSSR count). The molecule has 0 unspecified atom stereocenters. The molecule has 0 saturated carbocycles.